The Morgan fingerprint density at radius 1 is 0.432 bits per heavy atom. The van der Waals surface area contributed by atoms with E-state index in [0.717, 1.165) is 74.1 Å². The van der Waals surface area contributed by atoms with Gasteiger partial charge in [-0.15, -0.1) is 0 Å². The first-order chi connectivity index (χ1) is 21.2. The summed E-state index contributed by atoms with van der Waals surface area (Å²) in [6.45, 7) is 18.1. The summed E-state index contributed by atoms with van der Waals surface area (Å²) >= 11 is -1.33. The van der Waals surface area contributed by atoms with Gasteiger partial charge < -0.3 is 9.97 Å². The van der Waals surface area contributed by atoms with Crippen LogP contribution in [0.5, 0.6) is 0 Å². The molecule has 2 aliphatic rings. The molecule has 44 heavy (non-hydrogen) atoms. The van der Waals surface area contributed by atoms with Crippen LogP contribution in [0.15, 0.2) is 24.3 Å². The van der Waals surface area contributed by atoms with Gasteiger partial charge in [-0.3, -0.25) is 0 Å². The molecule has 3 aromatic rings. The monoisotopic (exact) mass is 695 g/mol. The Bertz CT molecular complexity index is 1620. The summed E-state index contributed by atoms with van der Waals surface area (Å²) in [4.78, 5) is 18.2. The van der Waals surface area contributed by atoms with Crippen LogP contribution in [0.1, 0.15) is 126 Å². The predicted molar refractivity (Wildman–Crippen MR) is 191 cm³/mol. The van der Waals surface area contributed by atoms with Crippen molar-refractivity contribution < 1.29 is 11.2 Å². The molecule has 0 spiro atoms. The van der Waals surface area contributed by atoms with E-state index >= 15 is 0 Å². The number of aromatic amines is 2. The number of fused-ring (bicyclic) bond motifs is 8. The molecule has 5 rings (SSSR count). The van der Waals surface area contributed by atoms with Gasteiger partial charge in [0.1, 0.15) is 0 Å². The summed E-state index contributed by atoms with van der Waals surface area (Å²) in [5, 5.41) is 0. The van der Waals surface area contributed by atoms with Crippen LogP contribution in [0.25, 0.3) is 44.4 Å². The van der Waals surface area contributed by atoms with Crippen molar-refractivity contribution in [3.63, 3.8) is 0 Å². The van der Waals surface area contributed by atoms with E-state index in [4.69, 9.17) is 40.3 Å². The van der Waals surface area contributed by atoms with Gasteiger partial charge in [0.25, 0.3) is 0 Å². The quantitative estimate of drug-likeness (QED) is 0.230. The van der Waals surface area contributed by atoms with Gasteiger partial charge in [0.2, 0.25) is 0 Å². The third-order valence-electron chi connectivity index (χ3n) is 8.97. The number of allylic oxidation sites excluding steroid dienone is 4. The van der Waals surface area contributed by atoms with Crippen LogP contribution in [-0.4, -0.2) is 19.9 Å². The fourth-order valence-electron chi connectivity index (χ4n) is 7.10. The number of H-pyrrole nitrogens is 2. The van der Waals surface area contributed by atoms with Crippen LogP contribution in [0.2, 0.25) is 0 Å². The molecule has 8 bridgehead atoms. The number of nitrogens with zero attached hydrogens (tertiary/aromatic N) is 2. The maximum absolute atomic E-state index is 5.28. The second-order valence-electron chi connectivity index (χ2n) is 11.1. The van der Waals surface area contributed by atoms with E-state index < -0.39 is 11.2 Å². The van der Waals surface area contributed by atoms with Gasteiger partial charge >= 0.3 is 41.5 Å². The number of rotatable bonds is 8. The zero-order chi connectivity index (χ0) is 32.1. The Hall–Kier alpha value is -2.01. The Morgan fingerprint density at radius 3 is 0.932 bits per heavy atom. The molecule has 0 atom stereocenters. The van der Waals surface area contributed by atoms with Crippen LogP contribution in [-0.2, 0) is 36.8 Å². The average Bonchev–Trinajstić information content (AvgIpc) is 3.71. The molecule has 0 unspecified atom stereocenters. The molecule has 0 saturated carbocycles. The van der Waals surface area contributed by atoms with E-state index in [9.17, 15) is 0 Å². The molecule has 4 nitrogen and oxygen atoms in total. The van der Waals surface area contributed by atoms with Gasteiger partial charge in [0, 0.05) is 22.1 Å². The molecular weight excluding hydrogens is 651 g/mol. The molecule has 3 aromatic heterocycles. The number of hydrogen-bond acceptors (Lipinski definition) is 2. The van der Waals surface area contributed by atoms with Crippen molar-refractivity contribution in [1.82, 2.24) is 19.9 Å². The Morgan fingerprint density at radius 2 is 0.682 bits per heavy atom. The molecule has 239 valence electrons. The van der Waals surface area contributed by atoms with Gasteiger partial charge in [-0.05, 0) is 120 Å². The van der Waals surface area contributed by atoms with E-state index in [1.807, 2.05) is 0 Å². The number of aromatic nitrogens is 4. The summed E-state index contributed by atoms with van der Waals surface area (Å²) in [6, 6.07) is 9.24. The predicted octanol–water partition coefficient (Wildman–Crippen LogP) is 12.1. The summed E-state index contributed by atoms with van der Waals surface area (Å²) in [6.07, 6.45) is 7.84. The fraction of sp³-hybridized carbons (Fsp3) is 0.444. The third-order valence-corrected chi connectivity index (χ3v) is 8.97. The Labute approximate surface area is 280 Å². The molecule has 0 radical (unpaired) electrons. The normalized spacial score (nSPS) is 13.4. The van der Waals surface area contributed by atoms with Crippen molar-refractivity contribution in [2.45, 2.75) is 107 Å². The van der Waals surface area contributed by atoms with E-state index in [2.05, 4.69) is 89.6 Å². The number of halogens is 3. The van der Waals surface area contributed by atoms with Crippen molar-refractivity contribution in [2.24, 2.45) is 0 Å². The van der Waals surface area contributed by atoms with Crippen molar-refractivity contribution in [1.29, 1.82) is 0 Å². The Kier molecular flexibility index (Phi) is 12.3. The molecule has 2 aliphatic heterocycles. The topological polar surface area (TPSA) is 57.4 Å². The van der Waals surface area contributed by atoms with Crippen LogP contribution >= 0.6 is 30.3 Å². The maximum atomic E-state index is 5.28. The molecule has 5 heterocycles. The first-order valence-corrected chi connectivity index (χ1v) is 20.6. The molecule has 2 N–H and O–H groups in total. The SMILES string of the molecule is CCC1=C(CC)c2cc3[nH]c(cc4[nH]c(cc5nc(cc1n2)C(CC)=C5CC)c(CC)c4CC)c(CC)c3CC.[Cl][Fe]([Cl])[Cl]. The van der Waals surface area contributed by atoms with E-state index in [1.54, 1.807) is 0 Å². The molecule has 0 aliphatic carbocycles. The van der Waals surface area contributed by atoms with E-state index in [-0.39, 0.29) is 0 Å². The van der Waals surface area contributed by atoms with Crippen LogP contribution in [0.3, 0.4) is 0 Å². The third kappa shape index (κ3) is 6.88. The van der Waals surface area contributed by atoms with Crippen LogP contribution in [0.4, 0.5) is 0 Å². The van der Waals surface area contributed by atoms with Gasteiger partial charge in [0.15, 0.2) is 0 Å². The zero-order valence-corrected chi connectivity index (χ0v) is 30.7. The van der Waals surface area contributed by atoms with Crippen molar-refractivity contribution in [2.75, 3.05) is 0 Å². The van der Waals surface area contributed by atoms with Crippen LogP contribution < -0.4 is 0 Å². The summed E-state index contributed by atoms with van der Waals surface area (Å²) in [5.74, 6) is 0. The first-order valence-electron chi connectivity index (χ1n) is 16.1. The van der Waals surface area contributed by atoms with E-state index in [0.29, 0.717) is 0 Å². The summed E-state index contributed by atoms with van der Waals surface area (Å²) in [5.41, 5.74) is 20.2. The van der Waals surface area contributed by atoms with Gasteiger partial charge in [0.05, 0.1) is 22.8 Å². The zero-order valence-electron chi connectivity index (χ0n) is 27.3. The number of nitrogens with one attached hydrogen (secondary N) is 2. The molecule has 8 heteroatoms. The molecule has 0 amide bonds. The molecule has 0 aromatic carbocycles. The van der Waals surface area contributed by atoms with Gasteiger partial charge in [-0.1, -0.05) is 55.4 Å². The summed E-state index contributed by atoms with van der Waals surface area (Å²) < 4.78 is 0. The number of aryl methyl sites for hydroxylation is 4. The molecule has 0 saturated heterocycles. The van der Waals surface area contributed by atoms with Gasteiger partial charge in [-0.2, -0.15) is 0 Å². The number of hydrogen-bond donors (Lipinski definition) is 2. The minimum atomic E-state index is -1.33. The molecular formula is C36H46Cl3FeN4. The standard InChI is InChI=1S/C36H46N4.3ClH.Fe/c1-9-21-22(10-2)30-18-32-25(13-5)26(14-6)34(39-32)20-36-28(16-8)27(15-7)35(40-36)19-33-24(12-4)23(11-3)31(38-33)17-29(21)37-30;;;;/h17-20,37-38H,9-16H2,1-8H3;3*1H;/q;;;;+3/p-3. The average molecular weight is 697 g/mol. The fourth-order valence-corrected chi connectivity index (χ4v) is 7.10. The second-order valence-corrected chi connectivity index (χ2v) is 16.5. The van der Waals surface area contributed by atoms with Crippen LogP contribution in [0, 0.1) is 0 Å². The minimum absolute atomic E-state index is 0.965. The summed E-state index contributed by atoms with van der Waals surface area (Å²) in [7, 11) is 14.7. The molecule has 0 fully saturated rings. The Balaban J connectivity index is 0.00000104. The second kappa shape index (κ2) is 15.5. The van der Waals surface area contributed by atoms with Crippen molar-refractivity contribution in [3.05, 3.63) is 69.3 Å². The van der Waals surface area contributed by atoms with Gasteiger partial charge in [-0.25, -0.2) is 9.97 Å². The first kappa shape index (κ1) is 34.9. The van der Waals surface area contributed by atoms with Crippen molar-refractivity contribution in [3.8, 4) is 0 Å². The van der Waals surface area contributed by atoms with E-state index in [1.165, 1.54) is 66.6 Å². The van der Waals surface area contributed by atoms with Crippen molar-refractivity contribution >= 4 is 74.7 Å².